The minimum absolute atomic E-state index is 0.907. The lowest BCUT2D eigenvalue weighted by Gasteiger charge is -2.07. The summed E-state index contributed by atoms with van der Waals surface area (Å²) in [7, 11) is 0. The molecule has 100 valence electrons. The number of pyridine rings is 2. The fourth-order valence-corrected chi connectivity index (χ4v) is 2.29. The number of benzene rings is 1. The number of hydrogen-bond acceptors (Lipinski definition) is 3. The molecule has 0 radical (unpaired) electrons. The molecule has 0 saturated carbocycles. The minimum Gasteiger partial charge on any atom is -0.385 e. The molecule has 0 amide bonds. The second-order valence-corrected chi connectivity index (χ2v) is 4.82. The summed E-state index contributed by atoms with van der Waals surface area (Å²) < 4.78 is 0. The Labute approximate surface area is 118 Å². The van der Waals surface area contributed by atoms with Gasteiger partial charge in [-0.05, 0) is 44.2 Å². The predicted octanol–water partition coefficient (Wildman–Crippen LogP) is 4.04. The smallest absolute Gasteiger partial charge is 0.0722 e. The molecule has 0 aliphatic rings. The normalized spacial score (nSPS) is 10.7. The summed E-state index contributed by atoms with van der Waals surface area (Å²) in [5.41, 5.74) is 5.25. The first-order valence-electron chi connectivity index (χ1n) is 6.84. The molecule has 2 heterocycles. The van der Waals surface area contributed by atoms with Crippen molar-refractivity contribution in [3.8, 4) is 11.3 Å². The topological polar surface area (TPSA) is 37.8 Å². The maximum Gasteiger partial charge on any atom is 0.0722 e. The Bertz CT molecular complexity index is 750. The van der Waals surface area contributed by atoms with E-state index in [0.717, 1.165) is 40.1 Å². The molecule has 3 rings (SSSR count). The zero-order valence-electron chi connectivity index (χ0n) is 11.7. The molecule has 20 heavy (non-hydrogen) atoms. The Hall–Kier alpha value is -2.42. The van der Waals surface area contributed by atoms with Gasteiger partial charge in [0, 0.05) is 35.1 Å². The van der Waals surface area contributed by atoms with Gasteiger partial charge in [-0.25, -0.2) is 0 Å². The number of aromatic nitrogens is 2. The summed E-state index contributed by atoms with van der Waals surface area (Å²) in [6, 6.07) is 14.5. The van der Waals surface area contributed by atoms with Gasteiger partial charge in [0.05, 0.1) is 11.2 Å². The predicted molar refractivity (Wildman–Crippen MR) is 83.9 cm³/mol. The van der Waals surface area contributed by atoms with Gasteiger partial charge in [0.15, 0.2) is 0 Å². The lowest BCUT2D eigenvalue weighted by molar-refractivity contribution is 1.20. The molecule has 0 spiro atoms. The second kappa shape index (κ2) is 5.29. The van der Waals surface area contributed by atoms with Crippen molar-refractivity contribution in [3.05, 3.63) is 54.4 Å². The van der Waals surface area contributed by atoms with E-state index in [0.29, 0.717) is 0 Å². The summed E-state index contributed by atoms with van der Waals surface area (Å²) >= 11 is 0. The number of nitrogens with zero attached hydrogens (tertiary/aromatic N) is 2. The van der Waals surface area contributed by atoms with E-state index >= 15 is 0 Å². The van der Waals surface area contributed by atoms with E-state index in [2.05, 4.69) is 52.5 Å². The van der Waals surface area contributed by atoms with Crippen molar-refractivity contribution < 1.29 is 0 Å². The SMILES string of the molecule is CCNc1ccnc(-c2ccc3nc(C)ccc3c2)c1. The van der Waals surface area contributed by atoms with Crippen LogP contribution in [0.15, 0.2) is 48.7 Å². The number of aryl methyl sites for hydroxylation is 1. The van der Waals surface area contributed by atoms with Crippen molar-refractivity contribution in [1.29, 1.82) is 0 Å². The van der Waals surface area contributed by atoms with Crippen LogP contribution >= 0.6 is 0 Å². The highest BCUT2D eigenvalue weighted by Crippen LogP contribution is 2.24. The Morgan fingerprint density at radius 3 is 2.80 bits per heavy atom. The average Bonchev–Trinajstić information content (AvgIpc) is 2.47. The third-order valence-electron chi connectivity index (χ3n) is 3.27. The monoisotopic (exact) mass is 263 g/mol. The van der Waals surface area contributed by atoms with Crippen molar-refractivity contribution in [2.75, 3.05) is 11.9 Å². The zero-order valence-corrected chi connectivity index (χ0v) is 11.7. The largest absolute Gasteiger partial charge is 0.385 e. The molecule has 0 saturated heterocycles. The minimum atomic E-state index is 0.907. The molecule has 1 aromatic carbocycles. The van der Waals surface area contributed by atoms with Crippen molar-refractivity contribution in [2.24, 2.45) is 0 Å². The van der Waals surface area contributed by atoms with Gasteiger partial charge >= 0.3 is 0 Å². The van der Waals surface area contributed by atoms with E-state index in [1.807, 2.05) is 25.3 Å². The summed E-state index contributed by atoms with van der Waals surface area (Å²) in [6.07, 6.45) is 1.84. The highest BCUT2D eigenvalue weighted by molar-refractivity contribution is 5.84. The first-order chi connectivity index (χ1) is 9.76. The van der Waals surface area contributed by atoms with Crippen LogP contribution in [0.25, 0.3) is 22.2 Å². The number of hydrogen-bond donors (Lipinski definition) is 1. The molecule has 3 nitrogen and oxygen atoms in total. The molecule has 0 bridgehead atoms. The van der Waals surface area contributed by atoms with Gasteiger partial charge in [-0.15, -0.1) is 0 Å². The molecule has 0 fully saturated rings. The maximum atomic E-state index is 4.52. The van der Waals surface area contributed by atoms with Gasteiger partial charge in [0.25, 0.3) is 0 Å². The third-order valence-corrected chi connectivity index (χ3v) is 3.27. The molecule has 0 atom stereocenters. The van der Waals surface area contributed by atoms with Gasteiger partial charge in [-0.1, -0.05) is 12.1 Å². The van der Waals surface area contributed by atoms with Crippen molar-refractivity contribution in [2.45, 2.75) is 13.8 Å². The Morgan fingerprint density at radius 2 is 1.95 bits per heavy atom. The molecule has 2 aromatic heterocycles. The first-order valence-corrected chi connectivity index (χ1v) is 6.84. The molecule has 0 aliphatic heterocycles. The van der Waals surface area contributed by atoms with Gasteiger partial charge < -0.3 is 5.32 Å². The van der Waals surface area contributed by atoms with Crippen LogP contribution in [0.1, 0.15) is 12.6 Å². The highest BCUT2D eigenvalue weighted by atomic mass is 14.9. The fourth-order valence-electron chi connectivity index (χ4n) is 2.29. The Morgan fingerprint density at radius 1 is 1.05 bits per heavy atom. The van der Waals surface area contributed by atoms with Crippen LogP contribution in [0.3, 0.4) is 0 Å². The number of rotatable bonds is 3. The summed E-state index contributed by atoms with van der Waals surface area (Å²) in [6.45, 7) is 5.00. The van der Waals surface area contributed by atoms with Gasteiger partial charge in [0.2, 0.25) is 0 Å². The third kappa shape index (κ3) is 2.48. The Kier molecular flexibility index (Phi) is 3.33. The summed E-state index contributed by atoms with van der Waals surface area (Å²) in [4.78, 5) is 8.98. The molecule has 0 unspecified atom stereocenters. The molecule has 3 aromatic rings. The van der Waals surface area contributed by atoms with E-state index in [4.69, 9.17) is 0 Å². The van der Waals surface area contributed by atoms with E-state index in [1.165, 1.54) is 0 Å². The fraction of sp³-hybridized carbons (Fsp3) is 0.176. The van der Waals surface area contributed by atoms with E-state index in [9.17, 15) is 0 Å². The second-order valence-electron chi connectivity index (χ2n) is 4.82. The van der Waals surface area contributed by atoms with Gasteiger partial charge in [-0.3, -0.25) is 9.97 Å². The Balaban J connectivity index is 2.05. The van der Waals surface area contributed by atoms with E-state index in [1.54, 1.807) is 0 Å². The molecular weight excluding hydrogens is 246 g/mol. The van der Waals surface area contributed by atoms with Crippen LogP contribution in [0.5, 0.6) is 0 Å². The molecule has 3 heteroatoms. The van der Waals surface area contributed by atoms with Crippen molar-refractivity contribution in [1.82, 2.24) is 9.97 Å². The van der Waals surface area contributed by atoms with Crippen LogP contribution in [-0.2, 0) is 0 Å². The molecular formula is C17H17N3. The number of anilines is 1. The zero-order chi connectivity index (χ0) is 13.9. The van der Waals surface area contributed by atoms with Crippen LogP contribution < -0.4 is 5.32 Å². The standard InChI is InChI=1S/C17H17N3/c1-3-18-15-8-9-19-17(11-15)14-6-7-16-13(10-14)5-4-12(2)20-16/h4-11H,3H2,1-2H3,(H,18,19). The van der Waals surface area contributed by atoms with Crippen molar-refractivity contribution >= 4 is 16.6 Å². The highest BCUT2D eigenvalue weighted by Gasteiger charge is 2.03. The molecule has 0 aliphatic carbocycles. The van der Waals surface area contributed by atoms with Crippen LogP contribution in [0.4, 0.5) is 5.69 Å². The average molecular weight is 263 g/mol. The lowest BCUT2D eigenvalue weighted by Crippen LogP contribution is -1.97. The quantitative estimate of drug-likeness (QED) is 0.775. The number of nitrogens with one attached hydrogen (secondary N) is 1. The van der Waals surface area contributed by atoms with Gasteiger partial charge in [0.1, 0.15) is 0 Å². The van der Waals surface area contributed by atoms with Crippen LogP contribution in [-0.4, -0.2) is 16.5 Å². The number of fused-ring (bicyclic) bond motifs is 1. The lowest BCUT2D eigenvalue weighted by atomic mass is 10.1. The van der Waals surface area contributed by atoms with E-state index < -0.39 is 0 Å². The van der Waals surface area contributed by atoms with Crippen LogP contribution in [0, 0.1) is 6.92 Å². The first kappa shape index (κ1) is 12.6. The summed E-state index contributed by atoms with van der Waals surface area (Å²) in [5, 5.41) is 4.45. The summed E-state index contributed by atoms with van der Waals surface area (Å²) in [5.74, 6) is 0. The van der Waals surface area contributed by atoms with Crippen molar-refractivity contribution in [3.63, 3.8) is 0 Å². The van der Waals surface area contributed by atoms with Gasteiger partial charge in [-0.2, -0.15) is 0 Å². The molecule has 1 N–H and O–H groups in total. The van der Waals surface area contributed by atoms with E-state index in [-0.39, 0.29) is 0 Å². The van der Waals surface area contributed by atoms with Crippen LogP contribution in [0.2, 0.25) is 0 Å². The maximum absolute atomic E-state index is 4.52.